The molecule has 6 aliphatic carbocycles. The first kappa shape index (κ1) is 34.3. The minimum Gasteiger partial charge on any atom is -0.310 e. The molecule has 0 aromatic heterocycles. The van der Waals surface area contributed by atoms with E-state index in [1.807, 2.05) is 0 Å². The van der Waals surface area contributed by atoms with Crippen molar-refractivity contribution in [3.63, 3.8) is 0 Å². The molecule has 14 rings (SSSR count). The average molecular weight is 782 g/mol. The Morgan fingerprint density at radius 1 is 0.361 bits per heavy atom. The Balaban J connectivity index is 0.832. The maximum absolute atomic E-state index is 2.56. The highest BCUT2D eigenvalue weighted by Crippen LogP contribution is 2.94. The Hall–Kier alpha value is -6.44. The summed E-state index contributed by atoms with van der Waals surface area (Å²) in [6, 6.07) is 70.9. The van der Waals surface area contributed by atoms with Gasteiger partial charge in [-0.1, -0.05) is 153 Å². The van der Waals surface area contributed by atoms with E-state index in [1.165, 1.54) is 91.7 Å². The van der Waals surface area contributed by atoms with Crippen LogP contribution in [0.4, 0.5) is 17.1 Å². The van der Waals surface area contributed by atoms with E-state index in [2.05, 4.69) is 207 Å². The van der Waals surface area contributed by atoms with Crippen molar-refractivity contribution in [1.82, 2.24) is 0 Å². The molecule has 4 fully saturated rings. The van der Waals surface area contributed by atoms with E-state index in [4.69, 9.17) is 0 Å². The Morgan fingerprint density at radius 2 is 0.820 bits per heavy atom. The van der Waals surface area contributed by atoms with E-state index in [0.717, 1.165) is 35.0 Å². The molecule has 4 atom stereocenters. The van der Waals surface area contributed by atoms with Gasteiger partial charge in [-0.2, -0.15) is 0 Å². The molecule has 1 heteroatoms. The lowest BCUT2D eigenvalue weighted by Gasteiger charge is -2.92. The highest BCUT2D eigenvalue weighted by molar-refractivity contribution is 5.90. The molecular weight excluding hydrogens is 735 g/mol. The van der Waals surface area contributed by atoms with Crippen LogP contribution in [0.3, 0.4) is 0 Å². The lowest BCUT2D eigenvalue weighted by atomic mass is 9.11. The van der Waals surface area contributed by atoms with Gasteiger partial charge >= 0.3 is 0 Å². The zero-order valence-electron chi connectivity index (χ0n) is 34.8. The Labute approximate surface area is 359 Å². The summed E-state index contributed by atoms with van der Waals surface area (Å²) in [7, 11) is 0. The van der Waals surface area contributed by atoms with Crippen LogP contribution in [0.1, 0.15) is 55.4 Å². The van der Waals surface area contributed by atoms with Gasteiger partial charge in [0.15, 0.2) is 0 Å². The van der Waals surface area contributed by atoms with E-state index in [1.54, 1.807) is 11.1 Å². The second-order valence-electron chi connectivity index (χ2n) is 19.7. The molecule has 0 heterocycles. The van der Waals surface area contributed by atoms with Crippen molar-refractivity contribution in [3.8, 4) is 55.6 Å². The largest absolute Gasteiger partial charge is 0.310 e. The third-order valence-corrected chi connectivity index (χ3v) is 17.2. The van der Waals surface area contributed by atoms with Gasteiger partial charge in [-0.25, -0.2) is 0 Å². The number of benzene rings is 8. The number of hydrogen-bond acceptors (Lipinski definition) is 1. The highest BCUT2D eigenvalue weighted by Gasteiger charge is 2.90. The van der Waals surface area contributed by atoms with Crippen molar-refractivity contribution in [2.45, 2.75) is 43.9 Å². The summed E-state index contributed by atoms with van der Waals surface area (Å²) in [6.45, 7) is 4.85. The summed E-state index contributed by atoms with van der Waals surface area (Å²) < 4.78 is 0. The lowest BCUT2D eigenvalue weighted by Crippen LogP contribution is -2.88. The average Bonchev–Trinajstić information content (AvgIpc) is 3.71. The van der Waals surface area contributed by atoms with E-state index < -0.39 is 0 Å². The van der Waals surface area contributed by atoms with E-state index in [9.17, 15) is 0 Å². The van der Waals surface area contributed by atoms with Gasteiger partial charge in [-0.15, -0.1) is 0 Å². The fraction of sp³-hybridized carbons (Fsp3) is 0.200. The Kier molecular flexibility index (Phi) is 6.68. The lowest BCUT2D eigenvalue weighted by molar-refractivity contribution is -0.412. The van der Waals surface area contributed by atoms with Crippen LogP contribution in [0.5, 0.6) is 0 Å². The van der Waals surface area contributed by atoms with Gasteiger partial charge in [0.05, 0.1) is 0 Å². The van der Waals surface area contributed by atoms with Crippen molar-refractivity contribution in [2.24, 2.45) is 29.1 Å². The number of hydrogen-bond donors (Lipinski definition) is 0. The van der Waals surface area contributed by atoms with Crippen molar-refractivity contribution in [3.05, 3.63) is 210 Å². The molecule has 0 saturated heterocycles. The molecule has 2 spiro atoms. The Morgan fingerprint density at radius 3 is 1.44 bits per heavy atom. The van der Waals surface area contributed by atoms with Crippen LogP contribution in [-0.2, 0) is 10.8 Å². The molecule has 0 N–H and O–H groups in total. The molecule has 0 bridgehead atoms. The molecular formula is C60H47N. The third-order valence-electron chi connectivity index (χ3n) is 17.2. The SMILES string of the molecule is CC1(C)c2cc(-c3ccc4c(c3)-c3ccccc3C43C4CC5CC6CC3C564)ccc2-c2ccc(N(c3ccc(-c4ccccc4)cc3)c3ccc(-c4ccccc4)cc3)cc21. The normalized spacial score (nSPS) is 25.6. The topological polar surface area (TPSA) is 3.24 Å². The molecule has 61 heavy (non-hydrogen) atoms. The second-order valence-corrected chi connectivity index (χ2v) is 19.7. The smallest absolute Gasteiger partial charge is 0.0465 e. The van der Waals surface area contributed by atoms with Gasteiger partial charge in [0.1, 0.15) is 0 Å². The van der Waals surface area contributed by atoms with Crippen molar-refractivity contribution < 1.29 is 0 Å². The van der Waals surface area contributed by atoms with Crippen LogP contribution < -0.4 is 4.90 Å². The summed E-state index contributed by atoms with van der Waals surface area (Å²) in [5.41, 5.74) is 23.5. The zero-order chi connectivity index (χ0) is 40.2. The van der Waals surface area contributed by atoms with Crippen LogP contribution in [-0.4, -0.2) is 0 Å². The first-order chi connectivity index (χ1) is 30.0. The predicted octanol–water partition coefficient (Wildman–Crippen LogP) is 15.4. The predicted molar refractivity (Wildman–Crippen MR) is 251 cm³/mol. The monoisotopic (exact) mass is 781 g/mol. The fourth-order valence-corrected chi connectivity index (χ4v) is 14.5. The minimum absolute atomic E-state index is 0.172. The quantitative estimate of drug-likeness (QED) is 0.162. The molecule has 4 unspecified atom stereocenters. The van der Waals surface area contributed by atoms with Crippen LogP contribution in [0, 0.1) is 29.1 Å². The van der Waals surface area contributed by atoms with Gasteiger partial charge in [0.25, 0.3) is 0 Å². The van der Waals surface area contributed by atoms with E-state index in [-0.39, 0.29) is 10.8 Å². The molecule has 0 amide bonds. The maximum atomic E-state index is 2.56. The number of nitrogens with zero attached hydrogens (tertiary/aromatic N) is 1. The summed E-state index contributed by atoms with van der Waals surface area (Å²) in [4.78, 5) is 2.42. The van der Waals surface area contributed by atoms with Gasteiger partial charge < -0.3 is 4.90 Å². The summed E-state index contributed by atoms with van der Waals surface area (Å²) >= 11 is 0. The maximum Gasteiger partial charge on any atom is 0.0465 e. The van der Waals surface area contributed by atoms with Crippen LogP contribution >= 0.6 is 0 Å². The van der Waals surface area contributed by atoms with Gasteiger partial charge in [0, 0.05) is 27.9 Å². The van der Waals surface area contributed by atoms with Crippen molar-refractivity contribution >= 4 is 17.1 Å². The van der Waals surface area contributed by atoms with Crippen molar-refractivity contribution in [2.75, 3.05) is 4.90 Å². The molecule has 292 valence electrons. The first-order valence-corrected chi connectivity index (χ1v) is 22.6. The molecule has 8 aromatic carbocycles. The number of fused-ring (bicyclic) bond motifs is 10. The molecule has 0 radical (unpaired) electrons. The molecule has 0 aliphatic heterocycles. The standard InChI is InChI=1S/C60H47N/c1-58(2)54-32-42(41-22-30-53-51(31-41)48-15-9-10-16-52(48)60(53)56-34-43-33-44-35-57(60)59(43,44)56)21-28-49(54)50-29-27-47(36-55(50)58)61(45-23-17-39(18-24-45)37-11-5-3-6-12-37)46-25-19-40(20-26-46)38-13-7-4-8-14-38/h3-32,36,43-44,56-57H,33-35H2,1-2H3. The summed E-state index contributed by atoms with van der Waals surface area (Å²) in [5, 5.41) is 0. The van der Waals surface area contributed by atoms with E-state index in [0.29, 0.717) is 5.41 Å². The Bertz CT molecular complexity index is 3000. The summed E-state index contributed by atoms with van der Waals surface area (Å²) in [5.74, 6) is 3.77. The summed E-state index contributed by atoms with van der Waals surface area (Å²) in [6.07, 6.45) is 4.41. The molecule has 6 aliphatic rings. The third kappa shape index (κ3) is 4.23. The zero-order valence-corrected chi connectivity index (χ0v) is 34.8. The molecule has 8 aromatic rings. The highest BCUT2D eigenvalue weighted by atomic mass is 15.1. The minimum atomic E-state index is -0.172. The molecule has 1 nitrogen and oxygen atoms in total. The number of anilines is 3. The van der Waals surface area contributed by atoms with E-state index >= 15 is 0 Å². The van der Waals surface area contributed by atoms with Crippen LogP contribution in [0.2, 0.25) is 0 Å². The number of rotatable bonds is 6. The van der Waals surface area contributed by atoms with Gasteiger partial charge in [0.2, 0.25) is 0 Å². The second kappa shape index (κ2) is 11.9. The van der Waals surface area contributed by atoms with Crippen LogP contribution in [0.25, 0.3) is 55.6 Å². The van der Waals surface area contributed by atoms with Gasteiger partial charge in [-0.05, 0) is 175 Å². The van der Waals surface area contributed by atoms with Crippen molar-refractivity contribution in [1.29, 1.82) is 0 Å². The first-order valence-electron chi connectivity index (χ1n) is 22.6. The van der Waals surface area contributed by atoms with Gasteiger partial charge in [-0.3, -0.25) is 0 Å². The fourth-order valence-electron chi connectivity index (χ4n) is 14.5. The molecule has 4 saturated carbocycles. The van der Waals surface area contributed by atoms with Crippen LogP contribution in [0.15, 0.2) is 188 Å².